The van der Waals surface area contributed by atoms with Crippen molar-refractivity contribution in [3.05, 3.63) is 188 Å². The third kappa shape index (κ3) is 4.98. The topological polar surface area (TPSA) is 51.8 Å². The second-order valence-corrected chi connectivity index (χ2v) is 14.7. The van der Waals surface area contributed by atoms with E-state index >= 15 is 0 Å². The molecule has 4 heteroatoms. The Kier molecular flexibility index (Phi) is 6.89. The van der Waals surface area contributed by atoms with E-state index in [0.29, 0.717) is 17.5 Å². The Labute approximate surface area is 327 Å². The molecule has 0 saturated carbocycles. The Morgan fingerprint density at radius 1 is 0.298 bits per heavy atom. The van der Waals surface area contributed by atoms with Gasteiger partial charge in [0.05, 0.1) is 0 Å². The smallest absolute Gasteiger partial charge is 0.164 e. The fraction of sp³-hybridized carbons (Fsp3) is 0. The van der Waals surface area contributed by atoms with Crippen LogP contribution in [0.5, 0.6) is 0 Å². The molecule has 0 bridgehead atoms. The Morgan fingerprint density at radius 3 is 1.63 bits per heavy atom. The number of rotatable bonds is 4. The standard InChI is InChI=1S/C53H31N3O/c1-2-13-33(14-3-1)51-54-52(36-27-28-38-34(30-36)25-24-32-12-4-5-15-37(32)38)56-53(55-51)46-22-11-23-48-49(46)45-21-10-20-39(50(45)57-48)35-26-29-44-42-18-7-6-16-40(42)41-17-8-9-19-43(41)47(44)31-35/h1-31H. The van der Waals surface area contributed by atoms with Gasteiger partial charge in [-0.05, 0) is 77.6 Å². The van der Waals surface area contributed by atoms with E-state index in [-0.39, 0.29) is 0 Å². The van der Waals surface area contributed by atoms with Gasteiger partial charge in [0.15, 0.2) is 17.5 Å². The highest BCUT2D eigenvalue weighted by molar-refractivity contribution is 6.26. The molecule has 0 aliphatic carbocycles. The monoisotopic (exact) mass is 725 g/mol. The molecule has 10 aromatic carbocycles. The second-order valence-electron chi connectivity index (χ2n) is 14.7. The average molecular weight is 726 g/mol. The maximum Gasteiger partial charge on any atom is 0.164 e. The van der Waals surface area contributed by atoms with E-state index in [1.54, 1.807) is 0 Å². The minimum absolute atomic E-state index is 0.597. The zero-order chi connectivity index (χ0) is 37.5. The lowest BCUT2D eigenvalue weighted by Crippen LogP contribution is -2.00. The van der Waals surface area contributed by atoms with Crippen LogP contribution in [0.25, 0.3) is 121 Å². The summed E-state index contributed by atoms with van der Waals surface area (Å²) in [5.74, 6) is 1.84. The first-order valence-electron chi connectivity index (χ1n) is 19.3. The maximum atomic E-state index is 6.81. The lowest BCUT2D eigenvalue weighted by molar-refractivity contribution is 0.670. The predicted molar refractivity (Wildman–Crippen MR) is 236 cm³/mol. The van der Waals surface area contributed by atoms with Crippen LogP contribution in [-0.4, -0.2) is 15.0 Å². The molecular weight excluding hydrogens is 695 g/mol. The van der Waals surface area contributed by atoms with E-state index < -0.39 is 0 Å². The van der Waals surface area contributed by atoms with Gasteiger partial charge >= 0.3 is 0 Å². The summed E-state index contributed by atoms with van der Waals surface area (Å²) in [7, 11) is 0. The van der Waals surface area contributed by atoms with Gasteiger partial charge in [-0.3, -0.25) is 0 Å². The molecule has 12 aromatic rings. The van der Waals surface area contributed by atoms with Crippen LogP contribution in [0, 0.1) is 0 Å². The van der Waals surface area contributed by atoms with Crippen LogP contribution in [0.2, 0.25) is 0 Å². The highest BCUT2D eigenvalue weighted by Crippen LogP contribution is 2.43. The number of hydrogen-bond donors (Lipinski definition) is 0. The van der Waals surface area contributed by atoms with Gasteiger partial charge in [-0.25, -0.2) is 15.0 Å². The zero-order valence-corrected chi connectivity index (χ0v) is 30.6. The number of hydrogen-bond acceptors (Lipinski definition) is 4. The zero-order valence-electron chi connectivity index (χ0n) is 30.6. The van der Waals surface area contributed by atoms with Crippen molar-refractivity contribution in [3.8, 4) is 45.3 Å². The van der Waals surface area contributed by atoms with Gasteiger partial charge < -0.3 is 4.42 Å². The lowest BCUT2D eigenvalue weighted by atomic mass is 9.91. The van der Waals surface area contributed by atoms with Gasteiger partial charge in [-0.2, -0.15) is 0 Å². The third-order valence-corrected chi connectivity index (χ3v) is 11.5. The number of para-hydroxylation sites is 1. The first-order valence-corrected chi connectivity index (χ1v) is 19.3. The van der Waals surface area contributed by atoms with Crippen molar-refractivity contribution >= 4 is 75.8 Å². The summed E-state index contributed by atoms with van der Waals surface area (Å²) in [6.07, 6.45) is 0. The van der Waals surface area contributed by atoms with Crippen LogP contribution in [0.1, 0.15) is 0 Å². The summed E-state index contributed by atoms with van der Waals surface area (Å²) in [5.41, 5.74) is 6.52. The molecule has 0 fully saturated rings. The number of benzene rings is 10. The second kappa shape index (κ2) is 12.4. The Hall–Kier alpha value is -7.69. The number of nitrogens with zero attached hydrogens (tertiary/aromatic N) is 3. The summed E-state index contributed by atoms with van der Waals surface area (Å²) in [5, 5.41) is 14.3. The molecule has 0 atom stereocenters. The molecule has 0 N–H and O–H groups in total. The molecule has 2 aromatic heterocycles. The Balaban J connectivity index is 1.05. The van der Waals surface area contributed by atoms with Crippen molar-refractivity contribution in [2.75, 3.05) is 0 Å². The van der Waals surface area contributed by atoms with E-state index in [1.807, 2.05) is 42.5 Å². The van der Waals surface area contributed by atoms with Gasteiger partial charge in [0, 0.05) is 33.0 Å². The van der Waals surface area contributed by atoms with Crippen molar-refractivity contribution in [2.45, 2.75) is 0 Å². The molecule has 0 saturated heterocycles. The van der Waals surface area contributed by atoms with Crippen LogP contribution in [0.3, 0.4) is 0 Å². The molecule has 12 rings (SSSR count). The first kappa shape index (κ1) is 31.6. The van der Waals surface area contributed by atoms with Crippen molar-refractivity contribution in [1.82, 2.24) is 15.0 Å². The largest absolute Gasteiger partial charge is 0.455 e. The highest BCUT2D eigenvalue weighted by Gasteiger charge is 2.20. The normalized spacial score (nSPS) is 11.9. The van der Waals surface area contributed by atoms with Crippen LogP contribution in [0.15, 0.2) is 192 Å². The Morgan fingerprint density at radius 2 is 0.842 bits per heavy atom. The summed E-state index contributed by atoms with van der Waals surface area (Å²) < 4.78 is 6.81. The molecule has 57 heavy (non-hydrogen) atoms. The molecule has 0 aliphatic rings. The van der Waals surface area contributed by atoms with Gasteiger partial charge in [-0.15, -0.1) is 0 Å². The average Bonchev–Trinajstić information content (AvgIpc) is 3.68. The molecular formula is C53H31N3O. The molecule has 0 radical (unpaired) electrons. The van der Waals surface area contributed by atoms with E-state index in [2.05, 4.69) is 146 Å². The number of fused-ring (bicyclic) bond motifs is 12. The van der Waals surface area contributed by atoms with E-state index in [4.69, 9.17) is 19.4 Å². The molecule has 0 spiro atoms. The quantitative estimate of drug-likeness (QED) is 0.170. The number of furan rings is 1. The van der Waals surface area contributed by atoms with Crippen LogP contribution < -0.4 is 0 Å². The van der Waals surface area contributed by atoms with Crippen molar-refractivity contribution < 1.29 is 4.42 Å². The van der Waals surface area contributed by atoms with Crippen molar-refractivity contribution in [1.29, 1.82) is 0 Å². The molecule has 4 nitrogen and oxygen atoms in total. The SMILES string of the molecule is c1ccc(-c2nc(-c3ccc4c(ccc5ccccc54)c3)nc(-c3cccc4oc5c(-c6ccc7c8ccccc8c8ccccc8c7c6)cccc5c34)n2)cc1. The Bertz CT molecular complexity index is 3550. The first-order chi connectivity index (χ1) is 28.2. The molecule has 264 valence electrons. The molecule has 2 heterocycles. The number of aromatic nitrogens is 3. The lowest BCUT2D eigenvalue weighted by Gasteiger charge is -2.12. The van der Waals surface area contributed by atoms with E-state index in [0.717, 1.165) is 55.1 Å². The molecule has 0 unspecified atom stereocenters. The highest BCUT2D eigenvalue weighted by atomic mass is 16.3. The fourth-order valence-corrected chi connectivity index (χ4v) is 8.83. The van der Waals surface area contributed by atoms with Crippen molar-refractivity contribution in [2.24, 2.45) is 0 Å². The fourth-order valence-electron chi connectivity index (χ4n) is 8.83. The van der Waals surface area contributed by atoms with Gasteiger partial charge in [0.2, 0.25) is 0 Å². The van der Waals surface area contributed by atoms with Gasteiger partial charge in [0.25, 0.3) is 0 Å². The van der Waals surface area contributed by atoms with Crippen LogP contribution in [-0.2, 0) is 0 Å². The predicted octanol–water partition coefficient (Wildman–Crippen LogP) is 14.2. The summed E-state index contributed by atoms with van der Waals surface area (Å²) in [6.45, 7) is 0. The minimum Gasteiger partial charge on any atom is -0.455 e. The summed E-state index contributed by atoms with van der Waals surface area (Å²) in [4.78, 5) is 15.4. The molecule has 0 amide bonds. The van der Waals surface area contributed by atoms with Gasteiger partial charge in [0.1, 0.15) is 11.2 Å². The minimum atomic E-state index is 0.597. The van der Waals surface area contributed by atoms with E-state index in [1.165, 1.54) is 48.5 Å². The maximum absolute atomic E-state index is 6.81. The molecule has 0 aliphatic heterocycles. The summed E-state index contributed by atoms with van der Waals surface area (Å²) in [6, 6.07) is 66.3. The third-order valence-electron chi connectivity index (χ3n) is 11.5. The van der Waals surface area contributed by atoms with Crippen LogP contribution >= 0.6 is 0 Å². The summed E-state index contributed by atoms with van der Waals surface area (Å²) >= 11 is 0. The van der Waals surface area contributed by atoms with Gasteiger partial charge in [-0.1, -0.05) is 170 Å². The van der Waals surface area contributed by atoms with Crippen LogP contribution in [0.4, 0.5) is 0 Å². The van der Waals surface area contributed by atoms with E-state index in [9.17, 15) is 0 Å². The van der Waals surface area contributed by atoms with Crippen molar-refractivity contribution in [3.63, 3.8) is 0 Å².